The van der Waals surface area contributed by atoms with Crippen LogP contribution < -0.4 is 5.32 Å². The summed E-state index contributed by atoms with van der Waals surface area (Å²) in [5, 5.41) is 3.01. The van der Waals surface area contributed by atoms with E-state index < -0.39 is 0 Å². The van der Waals surface area contributed by atoms with Gasteiger partial charge in [-0.25, -0.2) is 4.79 Å². The van der Waals surface area contributed by atoms with Gasteiger partial charge in [-0.05, 0) is 42.9 Å². The normalized spacial score (nSPS) is 15.6. The van der Waals surface area contributed by atoms with Gasteiger partial charge in [-0.15, -0.1) is 0 Å². The zero-order valence-corrected chi connectivity index (χ0v) is 15.3. The predicted octanol–water partition coefficient (Wildman–Crippen LogP) is 3.56. The lowest BCUT2D eigenvalue weighted by molar-refractivity contribution is -0.117. The molecule has 2 rings (SSSR count). The van der Waals surface area contributed by atoms with Gasteiger partial charge in [0.25, 0.3) is 0 Å². The monoisotopic (exact) mass is 344 g/mol. The number of carbonyl (C=O) groups is 2. The maximum absolute atomic E-state index is 12.1. The number of nitrogens with one attached hydrogen (secondary N) is 1. The Morgan fingerprint density at radius 2 is 1.88 bits per heavy atom. The molecule has 136 valence electrons. The van der Waals surface area contributed by atoms with Crippen molar-refractivity contribution in [2.24, 2.45) is 0 Å². The molecule has 1 saturated heterocycles. The second kappa shape index (κ2) is 9.25. The zero-order chi connectivity index (χ0) is 18.2. The molecule has 1 aliphatic rings. The van der Waals surface area contributed by atoms with E-state index in [1.807, 2.05) is 18.2 Å². The van der Waals surface area contributed by atoms with Gasteiger partial charge in [0.2, 0.25) is 5.91 Å². The molecule has 5 heteroatoms. The number of nitrogens with zero attached hydrogens (tertiary/aromatic N) is 1. The number of hydrogen-bond acceptors (Lipinski definition) is 3. The first-order valence-corrected chi connectivity index (χ1v) is 8.99. The van der Waals surface area contributed by atoms with Gasteiger partial charge in [0.05, 0.1) is 6.61 Å². The minimum atomic E-state index is -0.267. The Bertz CT molecular complexity index is 600. The van der Waals surface area contributed by atoms with E-state index in [1.165, 1.54) is 5.56 Å². The first-order valence-electron chi connectivity index (χ1n) is 8.99. The molecule has 1 aromatic rings. The van der Waals surface area contributed by atoms with Gasteiger partial charge in [-0.2, -0.15) is 0 Å². The highest BCUT2D eigenvalue weighted by Crippen LogP contribution is 2.15. The van der Waals surface area contributed by atoms with Crippen LogP contribution >= 0.6 is 0 Å². The number of piperidine rings is 1. The van der Waals surface area contributed by atoms with Crippen LogP contribution in [0.1, 0.15) is 50.7 Å². The third-order valence-electron chi connectivity index (χ3n) is 4.40. The van der Waals surface area contributed by atoms with Gasteiger partial charge in [-0.3, -0.25) is 4.79 Å². The molecule has 2 amide bonds. The molecule has 1 heterocycles. The standard InChI is InChI=1S/C20H28N2O3/c1-4-25-20(24)22-13-11-18(12-14-22)21-19(23)10-7-16-5-8-17(9-6-16)15(2)3/h5-10,15,18H,4,11-14H2,1-3H3,(H,21,23)/b10-7+. The number of likely N-dealkylation sites (tertiary alicyclic amines) is 1. The fourth-order valence-corrected chi connectivity index (χ4v) is 2.83. The molecule has 1 aromatic carbocycles. The lowest BCUT2D eigenvalue weighted by Crippen LogP contribution is -2.46. The van der Waals surface area contributed by atoms with Crippen molar-refractivity contribution in [1.82, 2.24) is 10.2 Å². The Hall–Kier alpha value is -2.30. The van der Waals surface area contributed by atoms with Gasteiger partial charge in [0.15, 0.2) is 0 Å². The summed E-state index contributed by atoms with van der Waals surface area (Å²) in [4.78, 5) is 25.4. The molecular formula is C20H28N2O3. The van der Waals surface area contributed by atoms with Crippen molar-refractivity contribution in [3.8, 4) is 0 Å². The zero-order valence-electron chi connectivity index (χ0n) is 15.3. The summed E-state index contributed by atoms with van der Waals surface area (Å²) in [7, 11) is 0. The van der Waals surface area contributed by atoms with E-state index >= 15 is 0 Å². The quantitative estimate of drug-likeness (QED) is 0.831. The third kappa shape index (κ3) is 5.93. The second-order valence-electron chi connectivity index (χ2n) is 6.62. The van der Waals surface area contributed by atoms with Crippen LogP contribution in [0, 0.1) is 0 Å². The number of rotatable bonds is 5. The highest BCUT2D eigenvalue weighted by molar-refractivity contribution is 5.91. The topological polar surface area (TPSA) is 58.6 Å². The molecule has 0 spiro atoms. The van der Waals surface area contributed by atoms with Gasteiger partial charge >= 0.3 is 6.09 Å². The summed E-state index contributed by atoms with van der Waals surface area (Å²) in [5.74, 6) is 0.407. The molecule has 1 aliphatic heterocycles. The Balaban J connectivity index is 1.78. The Kier molecular flexibility index (Phi) is 7.04. The SMILES string of the molecule is CCOC(=O)N1CCC(NC(=O)/C=C/c2ccc(C(C)C)cc2)CC1. The smallest absolute Gasteiger partial charge is 0.409 e. The fraction of sp³-hybridized carbons (Fsp3) is 0.500. The molecule has 0 aromatic heterocycles. The molecule has 0 saturated carbocycles. The molecule has 5 nitrogen and oxygen atoms in total. The molecule has 1 fully saturated rings. The van der Waals surface area contributed by atoms with Crippen molar-refractivity contribution >= 4 is 18.1 Å². The first kappa shape index (κ1) is 19.0. The van der Waals surface area contributed by atoms with Gasteiger partial charge in [-0.1, -0.05) is 38.1 Å². The third-order valence-corrected chi connectivity index (χ3v) is 4.40. The van der Waals surface area contributed by atoms with Gasteiger partial charge in [0.1, 0.15) is 0 Å². The Morgan fingerprint density at radius 1 is 1.24 bits per heavy atom. The minimum Gasteiger partial charge on any atom is -0.450 e. The molecule has 0 unspecified atom stereocenters. The van der Waals surface area contributed by atoms with E-state index in [4.69, 9.17) is 4.74 Å². The molecule has 0 aliphatic carbocycles. The number of carbonyl (C=O) groups excluding carboxylic acids is 2. The Morgan fingerprint density at radius 3 is 2.44 bits per heavy atom. The average Bonchev–Trinajstić information content (AvgIpc) is 2.61. The van der Waals surface area contributed by atoms with Crippen molar-refractivity contribution in [2.75, 3.05) is 19.7 Å². The van der Waals surface area contributed by atoms with Crippen molar-refractivity contribution < 1.29 is 14.3 Å². The van der Waals surface area contributed by atoms with Gasteiger partial charge < -0.3 is 15.0 Å². The molecule has 0 atom stereocenters. The molecule has 25 heavy (non-hydrogen) atoms. The van der Waals surface area contributed by atoms with Crippen molar-refractivity contribution in [3.05, 3.63) is 41.5 Å². The van der Waals surface area contributed by atoms with E-state index in [9.17, 15) is 9.59 Å². The largest absolute Gasteiger partial charge is 0.450 e. The lowest BCUT2D eigenvalue weighted by Gasteiger charge is -2.31. The summed E-state index contributed by atoms with van der Waals surface area (Å²) in [5.41, 5.74) is 2.30. The number of hydrogen-bond donors (Lipinski definition) is 1. The number of amides is 2. The molecule has 0 radical (unpaired) electrons. The fourth-order valence-electron chi connectivity index (χ4n) is 2.83. The summed E-state index contributed by atoms with van der Waals surface area (Å²) >= 11 is 0. The van der Waals surface area contributed by atoms with Crippen LogP contribution in [0.2, 0.25) is 0 Å². The summed E-state index contributed by atoms with van der Waals surface area (Å²) < 4.78 is 5.00. The van der Waals surface area contributed by atoms with Crippen LogP contribution in [0.5, 0.6) is 0 Å². The van der Waals surface area contributed by atoms with Crippen LogP contribution in [0.25, 0.3) is 6.08 Å². The van der Waals surface area contributed by atoms with Crippen LogP contribution in [0.4, 0.5) is 4.79 Å². The van der Waals surface area contributed by atoms with Crippen molar-refractivity contribution in [1.29, 1.82) is 0 Å². The second-order valence-corrected chi connectivity index (χ2v) is 6.62. The average molecular weight is 344 g/mol. The van der Waals surface area contributed by atoms with Crippen LogP contribution in [-0.4, -0.2) is 42.6 Å². The van der Waals surface area contributed by atoms with Crippen LogP contribution in [-0.2, 0) is 9.53 Å². The van der Waals surface area contributed by atoms with Crippen LogP contribution in [0.3, 0.4) is 0 Å². The highest BCUT2D eigenvalue weighted by atomic mass is 16.6. The highest BCUT2D eigenvalue weighted by Gasteiger charge is 2.23. The van der Waals surface area contributed by atoms with Gasteiger partial charge in [0, 0.05) is 25.2 Å². The van der Waals surface area contributed by atoms with E-state index in [0.717, 1.165) is 18.4 Å². The van der Waals surface area contributed by atoms with Crippen molar-refractivity contribution in [2.45, 2.75) is 45.6 Å². The summed E-state index contributed by atoms with van der Waals surface area (Å²) in [6, 6.07) is 8.33. The number of ether oxygens (including phenoxy) is 1. The predicted molar refractivity (Wildman–Crippen MR) is 99.3 cm³/mol. The Labute approximate surface area is 150 Å². The van der Waals surface area contributed by atoms with Crippen LogP contribution in [0.15, 0.2) is 30.3 Å². The van der Waals surface area contributed by atoms with E-state index in [0.29, 0.717) is 25.6 Å². The molecule has 1 N–H and O–H groups in total. The van der Waals surface area contributed by atoms with E-state index in [1.54, 1.807) is 17.9 Å². The maximum Gasteiger partial charge on any atom is 0.409 e. The number of benzene rings is 1. The van der Waals surface area contributed by atoms with E-state index in [-0.39, 0.29) is 18.0 Å². The van der Waals surface area contributed by atoms with E-state index in [2.05, 4.69) is 31.3 Å². The molecular weight excluding hydrogens is 316 g/mol. The lowest BCUT2D eigenvalue weighted by atomic mass is 10.0. The molecule has 0 bridgehead atoms. The minimum absolute atomic E-state index is 0.0949. The summed E-state index contributed by atoms with van der Waals surface area (Å²) in [6.07, 6.45) is 4.63. The maximum atomic E-state index is 12.1. The summed E-state index contributed by atoms with van der Waals surface area (Å²) in [6.45, 7) is 7.73. The first-order chi connectivity index (χ1) is 12.0. The van der Waals surface area contributed by atoms with Crippen molar-refractivity contribution in [3.63, 3.8) is 0 Å².